The molecule has 0 saturated heterocycles. The Kier molecular flexibility index (Phi) is 3.16. The average molecular weight is 111 g/mol. The zero-order chi connectivity index (χ0) is 6.57. The molecule has 0 aliphatic rings. The van der Waals surface area contributed by atoms with E-state index in [1.54, 1.807) is 0 Å². The lowest BCUT2D eigenvalue weighted by Gasteiger charge is -1.98. The first kappa shape index (κ1) is 7.41. The molecule has 1 unspecified atom stereocenters. The van der Waals surface area contributed by atoms with Crippen molar-refractivity contribution in [2.75, 3.05) is 0 Å². The van der Waals surface area contributed by atoms with Crippen LogP contribution in [0, 0.1) is 5.92 Å². The van der Waals surface area contributed by atoms with Crippen molar-refractivity contribution in [3.8, 4) is 0 Å². The molecule has 0 aliphatic heterocycles. The highest BCUT2D eigenvalue weighted by molar-refractivity contribution is 5.58. The fourth-order valence-corrected chi connectivity index (χ4v) is 0.343. The van der Waals surface area contributed by atoms with E-state index in [1.807, 2.05) is 33.1 Å². The Balaban J connectivity index is 3.81. The Hall–Kier alpha value is -0.590. The lowest BCUT2D eigenvalue weighted by molar-refractivity contribution is 0.540. The molecule has 8 heavy (non-hydrogen) atoms. The minimum absolute atomic E-state index is 0.0278. The van der Waals surface area contributed by atoms with E-state index in [4.69, 9.17) is 0 Å². The van der Waals surface area contributed by atoms with Crippen LogP contribution in [0.2, 0.25) is 0 Å². The first-order valence-corrected chi connectivity index (χ1v) is 2.72. The van der Waals surface area contributed by atoms with Crippen molar-refractivity contribution in [2.45, 2.75) is 20.8 Å². The Bertz CT molecular complexity index is 103. The maximum Gasteiger partial charge on any atom is 0.205 e. The molecule has 0 heterocycles. The molecule has 0 aliphatic carbocycles. The number of allylic oxidation sites excluding steroid dienone is 2. The molecule has 0 rings (SSSR count). The summed E-state index contributed by atoms with van der Waals surface area (Å²) in [5.41, 5.74) is 1.08. The molecule has 0 aromatic rings. The first-order valence-electron chi connectivity index (χ1n) is 2.72. The van der Waals surface area contributed by atoms with E-state index >= 15 is 0 Å². The van der Waals surface area contributed by atoms with Crippen LogP contribution >= 0.6 is 0 Å². The molecular formula is C7H11O. The third kappa shape index (κ3) is 1.92. The lowest BCUT2D eigenvalue weighted by Crippen LogP contribution is -1.95. The molecule has 45 valence electrons. The number of hydrogen-bond acceptors (Lipinski definition) is 1. The molecule has 0 bridgehead atoms. The van der Waals surface area contributed by atoms with Gasteiger partial charge in [0.05, 0.1) is 0 Å². The Morgan fingerprint density at radius 1 is 1.75 bits per heavy atom. The number of rotatable bonds is 2. The number of carbonyl (C=O) groups excluding carboxylic acids is 1. The van der Waals surface area contributed by atoms with Crippen molar-refractivity contribution < 1.29 is 4.79 Å². The van der Waals surface area contributed by atoms with Gasteiger partial charge < -0.3 is 0 Å². The number of hydrogen-bond donors (Lipinski definition) is 0. The second kappa shape index (κ2) is 3.42. The molecule has 1 radical (unpaired) electrons. The van der Waals surface area contributed by atoms with Gasteiger partial charge in [-0.3, -0.25) is 4.79 Å². The predicted octanol–water partition coefficient (Wildman–Crippen LogP) is 1.70. The van der Waals surface area contributed by atoms with E-state index in [9.17, 15) is 4.79 Å². The van der Waals surface area contributed by atoms with Crippen LogP contribution in [0.25, 0.3) is 0 Å². The van der Waals surface area contributed by atoms with Crippen LogP contribution < -0.4 is 0 Å². The summed E-state index contributed by atoms with van der Waals surface area (Å²) < 4.78 is 0. The standard InChI is InChI=1S/C7H11O/c1-4-6(2)7(3)5-8/h4,7H,1-3H3. The van der Waals surface area contributed by atoms with Crippen molar-refractivity contribution in [1.29, 1.82) is 0 Å². The van der Waals surface area contributed by atoms with Crippen LogP contribution in [0.4, 0.5) is 0 Å². The van der Waals surface area contributed by atoms with Gasteiger partial charge in [0.25, 0.3) is 0 Å². The van der Waals surface area contributed by atoms with Crippen molar-refractivity contribution in [3.63, 3.8) is 0 Å². The fraction of sp³-hybridized carbons (Fsp3) is 0.571. The minimum Gasteiger partial charge on any atom is -0.290 e. The Morgan fingerprint density at radius 3 is 2.38 bits per heavy atom. The van der Waals surface area contributed by atoms with Gasteiger partial charge in [0.15, 0.2) is 0 Å². The molecule has 0 aromatic heterocycles. The van der Waals surface area contributed by atoms with Gasteiger partial charge in [-0.25, -0.2) is 0 Å². The van der Waals surface area contributed by atoms with Crippen LogP contribution in [-0.2, 0) is 4.79 Å². The normalized spacial score (nSPS) is 15.6. The molecule has 0 N–H and O–H groups in total. The SMILES string of the molecule is CC=C(C)C(C)[C]=O. The summed E-state index contributed by atoms with van der Waals surface area (Å²) in [6.07, 6.45) is 3.82. The quantitative estimate of drug-likeness (QED) is 0.496. The summed E-state index contributed by atoms with van der Waals surface area (Å²) >= 11 is 0. The van der Waals surface area contributed by atoms with Crippen LogP contribution in [-0.4, -0.2) is 6.29 Å². The van der Waals surface area contributed by atoms with Crippen LogP contribution in [0.5, 0.6) is 0 Å². The van der Waals surface area contributed by atoms with E-state index in [0.29, 0.717) is 0 Å². The van der Waals surface area contributed by atoms with Crippen molar-refractivity contribution in [1.82, 2.24) is 0 Å². The summed E-state index contributed by atoms with van der Waals surface area (Å²) in [6, 6.07) is 0. The van der Waals surface area contributed by atoms with Crippen molar-refractivity contribution >= 4 is 6.29 Å². The van der Waals surface area contributed by atoms with Crippen LogP contribution in [0.15, 0.2) is 11.6 Å². The Labute approximate surface area is 50.4 Å². The maximum atomic E-state index is 9.94. The summed E-state index contributed by atoms with van der Waals surface area (Å²) in [6.45, 7) is 5.68. The highest BCUT2D eigenvalue weighted by Crippen LogP contribution is 2.04. The highest BCUT2D eigenvalue weighted by atomic mass is 16.1. The van der Waals surface area contributed by atoms with Gasteiger partial charge in [0.2, 0.25) is 6.29 Å². The van der Waals surface area contributed by atoms with Gasteiger partial charge in [-0.15, -0.1) is 0 Å². The van der Waals surface area contributed by atoms with E-state index < -0.39 is 0 Å². The zero-order valence-electron chi connectivity index (χ0n) is 5.56. The summed E-state index contributed by atoms with van der Waals surface area (Å²) in [5, 5.41) is 0. The summed E-state index contributed by atoms with van der Waals surface area (Å²) in [7, 11) is 0. The highest BCUT2D eigenvalue weighted by Gasteiger charge is 1.99. The minimum atomic E-state index is -0.0278. The molecule has 0 fully saturated rings. The zero-order valence-corrected chi connectivity index (χ0v) is 5.56. The van der Waals surface area contributed by atoms with Gasteiger partial charge >= 0.3 is 0 Å². The Morgan fingerprint density at radius 2 is 2.25 bits per heavy atom. The fourth-order valence-electron chi connectivity index (χ4n) is 0.343. The molecule has 1 nitrogen and oxygen atoms in total. The van der Waals surface area contributed by atoms with Crippen molar-refractivity contribution in [3.05, 3.63) is 11.6 Å². The second-order valence-electron chi connectivity index (χ2n) is 1.87. The van der Waals surface area contributed by atoms with Crippen molar-refractivity contribution in [2.24, 2.45) is 5.92 Å². The van der Waals surface area contributed by atoms with Gasteiger partial charge in [-0.2, -0.15) is 0 Å². The third-order valence-corrected chi connectivity index (χ3v) is 1.32. The third-order valence-electron chi connectivity index (χ3n) is 1.32. The summed E-state index contributed by atoms with van der Waals surface area (Å²) in [4.78, 5) is 9.94. The molecule has 1 heteroatoms. The molecule has 0 saturated carbocycles. The predicted molar refractivity (Wildman–Crippen MR) is 34.3 cm³/mol. The lowest BCUT2D eigenvalue weighted by atomic mass is 10.1. The second-order valence-corrected chi connectivity index (χ2v) is 1.87. The van der Waals surface area contributed by atoms with Crippen LogP contribution in [0.1, 0.15) is 20.8 Å². The monoisotopic (exact) mass is 111 g/mol. The van der Waals surface area contributed by atoms with E-state index in [1.165, 1.54) is 0 Å². The summed E-state index contributed by atoms with van der Waals surface area (Å²) in [5.74, 6) is -0.0278. The molecule has 0 spiro atoms. The molecule has 0 aromatic carbocycles. The smallest absolute Gasteiger partial charge is 0.205 e. The maximum absolute atomic E-state index is 9.94. The van der Waals surface area contributed by atoms with Crippen LogP contribution in [0.3, 0.4) is 0 Å². The topological polar surface area (TPSA) is 17.1 Å². The van der Waals surface area contributed by atoms with Gasteiger partial charge in [-0.1, -0.05) is 18.6 Å². The largest absolute Gasteiger partial charge is 0.290 e. The average Bonchev–Trinajstić information content (AvgIpc) is 1.84. The van der Waals surface area contributed by atoms with Gasteiger partial charge in [-0.05, 0) is 13.8 Å². The van der Waals surface area contributed by atoms with Gasteiger partial charge in [0.1, 0.15) is 0 Å². The first-order chi connectivity index (χ1) is 3.72. The van der Waals surface area contributed by atoms with E-state index in [0.717, 1.165) is 5.57 Å². The van der Waals surface area contributed by atoms with E-state index in [2.05, 4.69) is 0 Å². The molecular weight excluding hydrogens is 100 g/mol. The molecule has 0 amide bonds. The van der Waals surface area contributed by atoms with Gasteiger partial charge in [0, 0.05) is 5.92 Å². The van der Waals surface area contributed by atoms with E-state index in [-0.39, 0.29) is 5.92 Å². The molecule has 1 atom stereocenters.